The number of hydrogen-bond donors (Lipinski definition) is 0. The summed E-state index contributed by atoms with van der Waals surface area (Å²) in [5, 5.41) is 0. The first-order valence-electron chi connectivity index (χ1n) is 10.1. The minimum atomic E-state index is -0.00198. The number of hydrogen-bond acceptors (Lipinski definition) is 6. The molecule has 162 valence electrons. The standard InChI is InChI=1S/C24H30O6/c1-2-12-26-13-14-27-15-16-28-17-18-29-19-20-30-23-10-8-22(9-11-23)24(25)21-6-4-3-5-7-21/h2-12H,13-20H2,1H3. The van der Waals surface area contributed by atoms with Gasteiger partial charge in [-0.15, -0.1) is 0 Å². The molecule has 0 aliphatic rings. The summed E-state index contributed by atoms with van der Waals surface area (Å²) in [5.74, 6) is 0.702. The maximum Gasteiger partial charge on any atom is 0.193 e. The van der Waals surface area contributed by atoms with Crippen LogP contribution in [0.1, 0.15) is 22.8 Å². The van der Waals surface area contributed by atoms with Crippen molar-refractivity contribution in [1.82, 2.24) is 0 Å². The van der Waals surface area contributed by atoms with Crippen LogP contribution < -0.4 is 4.74 Å². The van der Waals surface area contributed by atoms with Crippen LogP contribution in [0.15, 0.2) is 66.9 Å². The first kappa shape index (κ1) is 23.6. The van der Waals surface area contributed by atoms with Crippen LogP contribution in [0.2, 0.25) is 0 Å². The van der Waals surface area contributed by atoms with E-state index in [1.165, 1.54) is 0 Å². The van der Waals surface area contributed by atoms with Gasteiger partial charge in [0, 0.05) is 11.1 Å². The van der Waals surface area contributed by atoms with Gasteiger partial charge in [-0.1, -0.05) is 36.4 Å². The summed E-state index contributed by atoms with van der Waals surface area (Å²) in [6.07, 6.45) is 3.47. The van der Waals surface area contributed by atoms with Crippen LogP contribution in [0, 0.1) is 0 Å². The van der Waals surface area contributed by atoms with Crippen LogP contribution >= 0.6 is 0 Å². The second-order valence-electron chi connectivity index (χ2n) is 6.25. The van der Waals surface area contributed by atoms with Gasteiger partial charge >= 0.3 is 0 Å². The lowest BCUT2D eigenvalue weighted by Gasteiger charge is -2.09. The van der Waals surface area contributed by atoms with Crippen molar-refractivity contribution in [1.29, 1.82) is 0 Å². The molecule has 0 aliphatic carbocycles. The van der Waals surface area contributed by atoms with Gasteiger partial charge in [-0.05, 0) is 31.2 Å². The highest BCUT2D eigenvalue weighted by Crippen LogP contribution is 2.15. The molecule has 0 fully saturated rings. The van der Waals surface area contributed by atoms with E-state index < -0.39 is 0 Å². The molecule has 0 saturated carbocycles. The minimum absolute atomic E-state index is 0.00198. The number of carbonyl (C=O) groups is 1. The van der Waals surface area contributed by atoms with Gasteiger partial charge in [-0.25, -0.2) is 0 Å². The highest BCUT2D eigenvalue weighted by atomic mass is 16.6. The third-order valence-electron chi connectivity index (χ3n) is 3.97. The normalized spacial score (nSPS) is 11.0. The van der Waals surface area contributed by atoms with Crippen molar-refractivity contribution in [2.24, 2.45) is 0 Å². The second-order valence-corrected chi connectivity index (χ2v) is 6.25. The van der Waals surface area contributed by atoms with Crippen LogP contribution in [0.25, 0.3) is 0 Å². The lowest BCUT2D eigenvalue weighted by molar-refractivity contribution is 0.00260. The number of rotatable bonds is 16. The zero-order valence-electron chi connectivity index (χ0n) is 17.5. The van der Waals surface area contributed by atoms with E-state index in [1.807, 2.05) is 43.3 Å². The minimum Gasteiger partial charge on any atom is -0.499 e. The molecule has 0 radical (unpaired) electrons. The summed E-state index contributed by atoms with van der Waals surface area (Å²) < 4.78 is 27.0. The first-order chi connectivity index (χ1) is 14.8. The van der Waals surface area contributed by atoms with Gasteiger partial charge in [-0.2, -0.15) is 0 Å². The van der Waals surface area contributed by atoms with Gasteiger partial charge in [0.05, 0.1) is 45.9 Å². The summed E-state index contributed by atoms with van der Waals surface area (Å²) in [6, 6.07) is 16.3. The summed E-state index contributed by atoms with van der Waals surface area (Å²) in [6.45, 7) is 5.95. The third kappa shape index (κ3) is 9.69. The molecular weight excluding hydrogens is 384 g/mol. The summed E-state index contributed by atoms with van der Waals surface area (Å²) in [7, 11) is 0. The van der Waals surface area contributed by atoms with E-state index in [0.717, 1.165) is 0 Å². The van der Waals surface area contributed by atoms with E-state index in [-0.39, 0.29) is 5.78 Å². The van der Waals surface area contributed by atoms with Crippen LogP contribution in [-0.4, -0.2) is 58.6 Å². The molecule has 0 unspecified atom stereocenters. The molecule has 0 atom stereocenters. The van der Waals surface area contributed by atoms with Crippen molar-refractivity contribution >= 4 is 5.78 Å². The van der Waals surface area contributed by atoms with Crippen molar-refractivity contribution in [3.05, 3.63) is 78.1 Å². The molecule has 0 saturated heterocycles. The molecule has 0 aromatic heterocycles. The van der Waals surface area contributed by atoms with Crippen LogP contribution in [-0.2, 0) is 18.9 Å². The Morgan fingerprint density at radius 2 is 1.23 bits per heavy atom. The van der Waals surface area contributed by atoms with Crippen LogP contribution in [0.3, 0.4) is 0 Å². The summed E-state index contributed by atoms with van der Waals surface area (Å²) in [4.78, 5) is 12.4. The van der Waals surface area contributed by atoms with E-state index in [9.17, 15) is 4.79 Å². The molecule has 2 rings (SSSR count). The molecule has 0 bridgehead atoms. The van der Waals surface area contributed by atoms with E-state index >= 15 is 0 Å². The maximum absolute atomic E-state index is 12.4. The molecule has 0 heterocycles. The monoisotopic (exact) mass is 414 g/mol. The third-order valence-corrected chi connectivity index (χ3v) is 3.97. The molecule has 6 heteroatoms. The Bertz CT molecular complexity index is 727. The van der Waals surface area contributed by atoms with Crippen LogP contribution in [0.5, 0.6) is 5.75 Å². The van der Waals surface area contributed by atoms with Gasteiger partial charge in [0.15, 0.2) is 5.78 Å². The molecule has 0 spiro atoms. The van der Waals surface area contributed by atoms with Crippen molar-refractivity contribution < 1.29 is 28.5 Å². The summed E-state index contributed by atoms with van der Waals surface area (Å²) in [5.41, 5.74) is 1.31. The Balaban J connectivity index is 1.47. The van der Waals surface area contributed by atoms with E-state index in [1.54, 1.807) is 30.5 Å². The molecule has 0 N–H and O–H groups in total. The average molecular weight is 414 g/mol. The van der Waals surface area contributed by atoms with Gasteiger partial charge < -0.3 is 23.7 Å². The summed E-state index contributed by atoms with van der Waals surface area (Å²) >= 11 is 0. The topological polar surface area (TPSA) is 63.2 Å². The first-order valence-corrected chi connectivity index (χ1v) is 10.1. The molecule has 0 aliphatic heterocycles. The Hall–Kier alpha value is -2.67. The van der Waals surface area contributed by atoms with Crippen molar-refractivity contribution in [2.45, 2.75) is 6.92 Å². The molecule has 2 aromatic carbocycles. The molecule has 0 amide bonds. The van der Waals surface area contributed by atoms with E-state index in [0.29, 0.717) is 69.7 Å². The van der Waals surface area contributed by atoms with E-state index in [4.69, 9.17) is 23.7 Å². The Morgan fingerprint density at radius 3 is 1.83 bits per heavy atom. The van der Waals surface area contributed by atoms with Crippen molar-refractivity contribution in [3.8, 4) is 5.75 Å². The average Bonchev–Trinajstić information content (AvgIpc) is 2.80. The zero-order valence-corrected chi connectivity index (χ0v) is 17.5. The second kappa shape index (κ2) is 15.2. The lowest BCUT2D eigenvalue weighted by atomic mass is 10.0. The van der Waals surface area contributed by atoms with Gasteiger partial charge in [0.1, 0.15) is 19.0 Å². The Kier molecular flexibility index (Phi) is 12.0. The smallest absolute Gasteiger partial charge is 0.193 e. The predicted molar refractivity (Wildman–Crippen MR) is 115 cm³/mol. The van der Waals surface area contributed by atoms with Gasteiger partial charge in [0.2, 0.25) is 0 Å². The van der Waals surface area contributed by atoms with Crippen LogP contribution in [0.4, 0.5) is 0 Å². The van der Waals surface area contributed by atoms with Gasteiger partial charge in [0.25, 0.3) is 0 Å². The highest BCUT2D eigenvalue weighted by Gasteiger charge is 2.08. The quantitative estimate of drug-likeness (QED) is 0.236. The maximum atomic E-state index is 12.4. The number of benzene rings is 2. The fourth-order valence-electron chi connectivity index (χ4n) is 2.49. The Morgan fingerprint density at radius 1 is 0.700 bits per heavy atom. The molecule has 30 heavy (non-hydrogen) atoms. The van der Waals surface area contributed by atoms with E-state index in [2.05, 4.69) is 0 Å². The molecule has 6 nitrogen and oxygen atoms in total. The fraction of sp³-hybridized carbons (Fsp3) is 0.375. The number of ketones is 1. The van der Waals surface area contributed by atoms with Crippen molar-refractivity contribution in [3.63, 3.8) is 0 Å². The Labute approximate surface area is 178 Å². The van der Waals surface area contributed by atoms with Gasteiger partial charge in [-0.3, -0.25) is 4.79 Å². The highest BCUT2D eigenvalue weighted by molar-refractivity contribution is 6.08. The predicted octanol–water partition coefficient (Wildman–Crippen LogP) is 3.90. The molecule has 2 aromatic rings. The number of ether oxygens (including phenoxy) is 5. The fourth-order valence-corrected chi connectivity index (χ4v) is 2.49. The molecular formula is C24H30O6. The number of carbonyl (C=O) groups excluding carboxylic acids is 1. The number of allylic oxidation sites excluding steroid dienone is 1. The zero-order chi connectivity index (χ0) is 21.3. The SMILES string of the molecule is CC=COCCOCCOCCOCCOc1ccc(C(=O)c2ccccc2)cc1. The largest absolute Gasteiger partial charge is 0.499 e. The van der Waals surface area contributed by atoms with Crippen molar-refractivity contribution in [2.75, 3.05) is 52.9 Å². The lowest BCUT2D eigenvalue weighted by Crippen LogP contribution is -2.13.